The molecule has 1 atom stereocenters. The number of nitrogens with zero attached hydrogens (tertiary/aromatic N) is 2. The number of carbonyl (C=O) groups excluding carboxylic acids is 2. The molecule has 0 radical (unpaired) electrons. The summed E-state index contributed by atoms with van der Waals surface area (Å²) in [7, 11) is 0. The summed E-state index contributed by atoms with van der Waals surface area (Å²) in [4.78, 5) is 25.0. The lowest BCUT2D eigenvalue weighted by atomic mass is 10.1. The van der Waals surface area contributed by atoms with Gasteiger partial charge in [-0.15, -0.1) is 0 Å². The number of hydrogen-bond donors (Lipinski definition) is 1. The van der Waals surface area contributed by atoms with Crippen molar-refractivity contribution >= 4 is 12.0 Å². The summed E-state index contributed by atoms with van der Waals surface area (Å²) in [5, 5.41) is 6.54. The molecule has 1 aromatic heterocycles. The molecule has 0 aromatic carbocycles. The van der Waals surface area contributed by atoms with E-state index in [1.165, 1.54) is 0 Å². The molecule has 7 nitrogen and oxygen atoms in total. The van der Waals surface area contributed by atoms with Crippen molar-refractivity contribution in [3.63, 3.8) is 0 Å². The predicted octanol–water partition coefficient (Wildman–Crippen LogP) is 1.39. The molecule has 0 bridgehead atoms. The van der Waals surface area contributed by atoms with Crippen LogP contribution in [-0.2, 0) is 9.53 Å². The molecule has 1 fully saturated rings. The van der Waals surface area contributed by atoms with Crippen LogP contribution in [0.15, 0.2) is 10.6 Å². The maximum atomic E-state index is 12.1. The summed E-state index contributed by atoms with van der Waals surface area (Å²) in [6.07, 6.45) is 1.75. The quantitative estimate of drug-likeness (QED) is 0.843. The van der Waals surface area contributed by atoms with E-state index in [4.69, 9.17) is 9.26 Å². The maximum absolute atomic E-state index is 12.1. The summed E-state index contributed by atoms with van der Waals surface area (Å²) < 4.78 is 9.82. The van der Waals surface area contributed by atoms with Gasteiger partial charge in [0.1, 0.15) is 18.0 Å². The third-order valence-electron chi connectivity index (χ3n) is 3.19. The van der Waals surface area contributed by atoms with Crippen LogP contribution in [0.2, 0.25) is 0 Å². The number of aromatic nitrogens is 1. The summed E-state index contributed by atoms with van der Waals surface area (Å²) in [6.45, 7) is 4.37. The van der Waals surface area contributed by atoms with Crippen LogP contribution in [0.1, 0.15) is 37.3 Å². The van der Waals surface area contributed by atoms with Gasteiger partial charge in [-0.25, -0.2) is 4.79 Å². The van der Waals surface area contributed by atoms with E-state index < -0.39 is 5.97 Å². The third kappa shape index (κ3) is 3.28. The molecule has 0 aliphatic carbocycles. The maximum Gasteiger partial charge on any atom is 0.325 e. The fourth-order valence-corrected chi connectivity index (χ4v) is 2.32. The fourth-order valence-electron chi connectivity index (χ4n) is 2.32. The zero-order valence-corrected chi connectivity index (χ0v) is 11.7. The lowest BCUT2D eigenvalue weighted by molar-refractivity contribution is -0.141. The molecule has 1 aliphatic heterocycles. The summed E-state index contributed by atoms with van der Waals surface area (Å²) in [5.74, 6) is 0.285. The van der Waals surface area contributed by atoms with Crippen molar-refractivity contribution in [2.24, 2.45) is 0 Å². The highest BCUT2D eigenvalue weighted by atomic mass is 16.5. The standard InChI is InChI=1S/C13H19N3O4/c1-3-19-12(17)8-14-13(18)16-6-4-5-11(16)10-7-9(2)20-15-10/h7,11H,3-6,8H2,1-2H3,(H,14,18)/t11-/m0/s1. The lowest BCUT2D eigenvalue weighted by Crippen LogP contribution is -2.42. The number of rotatable bonds is 4. The van der Waals surface area contributed by atoms with Crippen molar-refractivity contribution in [3.8, 4) is 0 Å². The number of likely N-dealkylation sites (tertiary alicyclic amines) is 1. The molecule has 110 valence electrons. The van der Waals surface area contributed by atoms with E-state index in [1.807, 2.05) is 13.0 Å². The van der Waals surface area contributed by atoms with E-state index in [1.54, 1.807) is 11.8 Å². The first kappa shape index (κ1) is 14.4. The molecular formula is C13H19N3O4. The first-order chi connectivity index (χ1) is 9.61. The van der Waals surface area contributed by atoms with E-state index >= 15 is 0 Å². The van der Waals surface area contributed by atoms with E-state index in [-0.39, 0.29) is 18.6 Å². The van der Waals surface area contributed by atoms with Crippen LogP contribution < -0.4 is 5.32 Å². The van der Waals surface area contributed by atoms with Gasteiger partial charge in [0.25, 0.3) is 0 Å². The number of carbonyl (C=O) groups is 2. The second kappa shape index (κ2) is 6.40. The Kier molecular flexibility index (Phi) is 4.60. The number of esters is 1. The van der Waals surface area contributed by atoms with E-state index in [9.17, 15) is 9.59 Å². The summed E-state index contributed by atoms with van der Waals surface area (Å²) in [5.41, 5.74) is 0.756. The summed E-state index contributed by atoms with van der Waals surface area (Å²) in [6, 6.07) is 1.47. The second-order valence-electron chi connectivity index (χ2n) is 4.68. The molecule has 20 heavy (non-hydrogen) atoms. The molecule has 7 heteroatoms. The predicted molar refractivity (Wildman–Crippen MR) is 70.0 cm³/mol. The number of urea groups is 1. The zero-order valence-electron chi connectivity index (χ0n) is 11.7. The van der Waals surface area contributed by atoms with Crippen molar-refractivity contribution in [3.05, 3.63) is 17.5 Å². The smallest absolute Gasteiger partial charge is 0.325 e. The minimum absolute atomic E-state index is 0.0883. The molecule has 2 rings (SSSR count). The second-order valence-corrected chi connectivity index (χ2v) is 4.68. The SMILES string of the molecule is CCOC(=O)CNC(=O)N1CCC[C@H]1c1cc(C)on1. The number of nitrogens with one attached hydrogen (secondary N) is 1. The van der Waals surface area contributed by atoms with Gasteiger partial charge in [-0.1, -0.05) is 5.16 Å². The van der Waals surface area contributed by atoms with Crippen LogP contribution in [0.4, 0.5) is 4.79 Å². The van der Waals surface area contributed by atoms with Gasteiger partial charge >= 0.3 is 12.0 Å². The van der Waals surface area contributed by atoms with Crippen LogP contribution >= 0.6 is 0 Å². The normalized spacial score (nSPS) is 18.1. The van der Waals surface area contributed by atoms with Crippen LogP contribution in [0.3, 0.4) is 0 Å². The van der Waals surface area contributed by atoms with Gasteiger partial charge in [0.2, 0.25) is 0 Å². The molecule has 1 N–H and O–H groups in total. The van der Waals surface area contributed by atoms with E-state index in [0.717, 1.165) is 24.3 Å². The minimum Gasteiger partial charge on any atom is -0.465 e. The zero-order chi connectivity index (χ0) is 14.5. The average molecular weight is 281 g/mol. The summed E-state index contributed by atoms with van der Waals surface area (Å²) >= 11 is 0. The van der Waals surface area contributed by atoms with Crippen LogP contribution in [-0.4, -0.2) is 41.8 Å². The highest BCUT2D eigenvalue weighted by Gasteiger charge is 2.32. The molecule has 1 aliphatic rings. The minimum atomic E-state index is -0.436. The van der Waals surface area contributed by atoms with Gasteiger partial charge in [-0.2, -0.15) is 0 Å². The highest BCUT2D eigenvalue weighted by molar-refractivity contribution is 5.81. The van der Waals surface area contributed by atoms with Crippen molar-refractivity contribution in [2.75, 3.05) is 19.7 Å². The monoisotopic (exact) mass is 281 g/mol. The van der Waals surface area contributed by atoms with Crippen LogP contribution in [0.5, 0.6) is 0 Å². The Morgan fingerprint density at radius 2 is 2.40 bits per heavy atom. The first-order valence-corrected chi connectivity index (χ1v) is 6.75. The van der Waals surface area contributed by atoms with Gasteiger partial charge in [-0.3, -0.25) is 4.79 Å². The van der Waals surface area contributed by atoms with Crippen LogP contribution in [0.25, 0.3) is 0 Å². The Labute approximate surface area is 117 Å². The average Bonchev–Trinajstić information content (AvgIpc) is 3.04. The highest BCUT2D eigenvalue weighted by Crippen LogP contribution is 2.31. The molecule has 2 heterocycles. The van der Waals surface area contributed by atoms with Crippen molar-refractivity contribution in [1.29, 1.82) is 0 Å². The Balaban J connectivity index is 1.93. The Morgan fingerprint density at radius 1 is 1.60 bits per heavy atom. The fraction of sp³-hybridized carbons (Fsp3) is 0.615. The molecule has 0 spiro atoms. The van der Waals surface area contributed by atoms with Crippen LogP contribution in [0, 0.1) is 6.92 Å². The Hall–Kier alpha value is -2.05. The van der Waals surface area contributed by atoms with E-state index in [0.29, 0.717) is 13.2 Å². The molecule has 0 unspecified atom stereocenters. The molecule has 1 saturated heterocycles. The Morgan fingerprint density at radius 3 is 3.05 bits per heavy atom. The lowest BCUT2D eigenvalue weighted by Gasteiger charge is -2.23. The van der Waals surface area contributed by atoms with Gasteiger partial charge in [0.05, 0.1) is 12.6 Å². The van der Waals surface area contributed by atoms with Gasteiger partial charge in [0, 0.05) is 12.6 Å². The van der Waals surface area contributed by atoms with Crippen molar-refractivity contribution in [2.45, 2.75) is 32.7 Å². The third-order valence-corrected chi connectivity index (χ3v) is 3.19. The van der Waals surface area contributed by atoms with Gasteiger partial charge in [-0.05, 0) is 26.7 Å². The van der Waals surface area contributed by atoms with Gasteiger partial charge < -0.3 is 19.5 Å². The number of aryl methyl sites for hydroxylation is 1. The molecule has 2 amide bonds. The van der Waals surface area contributed by atoms with Crippen molar-refractivity contribution < 1.29 is 18.8 Å². The molecule has 1 aromatic rings. The van der Waals surface area contributed by atoms with Gasteiger partial charge in [0.15, 0.2) is 0 Å². The molecule has 0 saturated carbocycles. The van der Waals surface area contributed by atoms with Crippen molar-refractivity contribution in [1.82, 2.24) is 15.4 Å². The Bertz CT molecular complexity index is 486. The first-order valence-electron chi connectivity index (χ1n) is 6.75. The van der Waals surface area contributed by atoms with E-state index in [2.05, 4.69) is 10.5 Å². The number of hydrogen-bond acceptors (Lipinski definition) is 5. The number of ether oxygens (including phenoxy) is 1. The molecular weight excluding hydrogens is 262 g/mol. The topological polar surface area (TPSA) is 84.7 Å². The number of amides is 2. The largest absolute Gasteiger partial charge is 0.465 e.